The first kappa shape index (κ1) is 29.2. The highest BCUT2D eigenvalue weighted by Crippen LogP contribution is 2.40. The number of alkyl halides is 3. The van der Waals surface area contributed by atoms with E-state index in [-0.39, 0.29) is 42.0 Å². The van der Waals surface area contributed by atoms with Gasteiger partial charge in [-0.15, -0.1) is 0 Å². The van der Waals surface area contributed by atoms with Gasteiger partial charge in [0, 0.05) is 24.7 Å². The molecule has 40 heavy (non-hydrogen) atoms. The molecular formula is C26H22F3N3O6S2. The van der Waals surface area contributed by atoms with Crippen molar-refractivity contribution in [2.75, 3.05) is 13.1 Å². The Bertz CT molecular complexity index is 1700. The molecule has 1 heterocycles. The fraction of sp³-hybridized carbons (Fsp3) is 0.231. The van der Waals surface area contributed by atoms with Crippen LogP contribution in [0.2, 0.25) is 0 Å². The third kappa shape index (κ3) is 5.87. The molecule has 0 unspecified atom stereocenters. The SMILES string of the molecule is N#Cc1c(-c2ccccc2)ccc(S(=O)(=O)NC2CCN(S(=O)(=O)c3cccc(C(=O)O)c3)CC2)c1C(F)(F)F. The van der Waals surface area contributed by atoms with E-state index in [1.165, 1.54) is 36.4 Å². The quantitative estimate of drug-likeness (QED) is 0.420. The summed E-state index contributed by atoms with van der Waals surface area (Å²) in [6.07, 6.45) is -5.26. The van der Waals surface area contributed by atoms with Crippen LogP contribution in [-0.2, 0) is 26.2 Å². The zero-order chi connectivity index (χ0) is 29.3. The van der Waals surface area contributed by atoms with Crippen LogP contribution in [0.3, 0.4) is 0 Å². The monoisotopic (exact) mass is 593 g/mol. The number of sulfonamides is 2. The minimum Gasteiger partial charge on any atom is -0.478 e. The van der Waals surface area contributed by atoms with Gasteiger partial charge >= 0.3 is 12.1 Å². The van der Waals surface area contributed by atoms with Gasteiger partial charge in [-0.05, 0) is 42.7 Å². The average molecular weight is 594 g/mol. The second-order valence-corrected chi connectivity index (χ2v) is 12.6. The van der Waals surface area contributed by atoms with Crippen LogP contribution < -0.4 is 4.72 Å². The maximum atomic E-state index is 14.2. The highest BCUT2D eigenvalue weighted by Gasteiger charge is 2.42. The molecule has 9 nitrogen and oxygen atoms in total. The van der Waals surface area contributed by atoms with Crippen LogP contribution in [0.25, 0.3) is 11.1 Å². The Labute approximate surface area is 228 Å². The van der Waals surface area contributed by atoms with Crippen LogP contribution in [0.15, 0.2) is 76.5 Å². The number of carboxylic acid groups (broad SMARTS) is 1. The van der Waals surface area contributed by atoms with E-state index in [4.69, 9.17) is 5.11 Å². The van der Waals surface area contributed by atoms with Crippen LogP contribution in [0.1, 0.15) is 34.3 Å². The number of carboxylic acids is 1. The Kier molecular flexibility index (Phi) is 8.04. The number of aromatic carboxylic acids is 1. The van der Waals surface area contributed by atoms with Gasteiger partial charge in [-0.25, -0.2) is 26.4 Å². The lowest BCUT2D eigenvalue weighted by molar-refractivity contribution is -0.140. The van der Waals surface area contributed by atoms with Crippen molar-refractivity contribution >= 4 is 26.0 Å². The number of nitriles is 1. The molecule has 0 amide bonds. The predicted octanol–water partition coefficient (Wildman–Crippen LogP) is 4.07. The summed E-state index contributed by atoms with van der Waals surface area (Å²) in [6, 6.07) is 15.2. The minimum absolute atomic E-state index is 0.0500. The summed E-state index contributed by atoms with van der Waals surface area (Å²) in [7, 11) is -8.88. The van der Waals surface area contributed by atoms with Crippen molar-refractivity contribution < 1.29 is 39.9 Å². The van der Waals surface area contributed by atoms with Crippen LogP contribution in [0.4, 0.5) is 13.2 Å². The van der Waals surface area contributed by atoms with Gasteiger partial charge < -0.3 is 5.11 Å². The molecule has 2 N–H and O–H groups in total. The van der Waals surface area contributed by atoms with E-state index < -0.39 is 54.3 Å². The van der Waals surface area contributed by atoms with Gasteiger partial charge in [-0.1, -0.05) is 42.5 Å². The molecule has 4 rings (SSSR count). The molecule has 3 aromatic rings. The molecule has 14 heteroatoms. The Morgan fingerprint density at radius 1 is 0.975 bits per heavy atom. The van der Waals surface area contributed by atoms with E-state index in [0.717, 1.165) is 22.5 Å². The molecule has 0 saturated carbocycles. The van der Waals surface area contributed by atoms with Gasteiger partial charge in [0.2, 0.25) is 20.0 Å². The molecule has 3 aromatic carbocycles. The number of benzene rings is 3. The Hall–Kier alpha value is -3.77. The standard InChI is InChI=1S/C26H22F3N3O6S2/c27-26(28,29)24-22(16-30)21(17-5-2-1-3-6-17)9-10-23(24)39(35,36)31-19-11-13-32(14-12-19)40(37,38)20-8-4-7-18(15-20)25(33)34/h1-10,15,19,31H,11-14H2,(H,33,34). The molecule has 0 spiro atoms. The minimum atomic E-state index is -5.16. The molecule has 1 aliphatic rings. The first-order chi connectivity index (χ1) is 18.8. The maximum Gasteiger partial charge on any atom is 0.419 e. The summed E-state index contributed by atoms with van der Waals surface area (Å²) >= 11 is 0. The molecule has 0 aliphatic carbocycles. The van der Waals surface area contributed by atoms with Crippen LogP contribution in [0, 0.1) is 11.3 Å². The van der Waals surface area contributed by atoms with Crippen LogP contribution in [-0.4, -0.2) is 51.3 Å². The predicted molar refractivity (Wildman–Crippen MR) is 137 cm³/mol. The molecule has 210 valence electrons. The summed E-state index contributed by atoms with van der Waals surface area (Å²) < 4.78 is 98.1. The number of nitrogens with zero attached hydrogens (tertiary/aromatic N) is 2. The molecule has 0 aromatic heterocycles. The number of hydrogen-bond acceptors (Lipinski definition) is 6. The third-order valence-electron chi connectivity index (χ3n) is 6.43. The van der Waals surface area contributed by atoms with Crippen molar-refractivity contribution in [1.29, 1.82) is 5.26 Å². The van der Waals surface area contributed by atoms with E-state index in [0.29, 0.717) is 5.56 Å². The second kappa shape index (κ2) is 11.0. The van der Waals surface area contributed by atoms with Gasteiger partial charge in [0.15, 0.2) is 0 Å². The molecule has 1 fully saturated rings. The van der Waals surface area contributed by atoms with E-state index in [9.17, 15) is 40.1 Å². The molecule has 1 saturated heterocycles. The van der Waals surface area contributed by atoms with Crippen LogP contribution in [0.5, 0.6) is 0 Å². The number of carbonyl (C=O) groups is 1. The number of piperidine rings is 1. The van der Waals surface area contributed by atoms with Crippen molar-refractivity contribution in [1.82, 2.24) is 9.03 Å². The molecule has 0 bridgehead atoms. The second-order valence-electron chi connectivity index (χ2n) is 8.97. The van der Waals surface area contributed by atoms with E-state index in [1.54, 1.807) is 18.2 Å². The van der Waals surface area contributed by atoms with E-state index in [2.05, 4.69) is 4.72 Å². The Morgan fingerprint density at radius 3 is 2.20 bits per heavy atom. The summed E-state index contributed by atoms with van der Waals surface area (Å²) in [4.78, 5) is 9.86. The molecule has 0 radical (unpaired) electrons. The third-order valence-corrected chi connectivity index (χ3v) is 9.89. The van der Waals surface area contributed by atoms with Crippen molar-refractivity contribution in [3.05, 3.63) is 83.4 Å². The first-order valence-corrected chi connectivity index (χ1v) is 14.7. The lowest BCUT2D eigenvalue weighted by Gasteiger charge is -2.31. The van der Waals surface area contributed by atoms with Crippen LogP contribution >= 0.6 is 0 Å². The van der Waals surface area contributed by atoms with E-state index in [1.807, 2.05) is 0 Å². The maximum absolute atomic E-state index is 14.2. The first-order valence-electron chi connectivity index (χ1n) is 11.8. The van der Waals surface area contributed by atoms with Gasteiger partial charge in [0.1, 0.15) is 6.07 Å². The number of nitrogens with one attached hydrogen (secondary N) is 1. The largest absolute Gasteiger partial charge is 0.478 e. The van der Waals surface area contributed by atoms with Gasteiger partial charge in [-0.2, -0.15) is 22.7 Å². The molecular weight excluding hydrogens is 571 g/mol. The number of hydrogen-bond donors (Lipinski definition) is 2. The summed E-state index contributed by atoms with van der Waals surface area (Å²) in [6.45, 7) is -0.315. The average Bonchev–Trinajstić information content (AvgIpc) is 2.92. The zero-order valence-electron chi connectivity index (χ0n) is 20.6. The van der Waals surface area contributed by atoms with Gasteiger partial charge in [0.05, 0.1) is 26.5 Å². The molecule has 0 atom stereocenters. The van der Waals surface area contributed by atoms with Crippen molar-refractivity contribution in [2.45, 2.75) is 34.9 Å². The fourth-order valence-corrected chi connectivity index (χ4v) is 7.55. The van der Waals surface area contributed by atoms with E-state index >= 15 is 0 Å². The Morgan fingerprint density at radius 2 is 1.62 bits per heavy atom. The lowest BCUT2D eigenvalue weighted by Crippen LogP contribution is -2.46. The Balaban J connectivity index is 1.58. The number of rotatable bonds is 7. The topological polar surface area (TPSA) is 145 Å². The fourth-order valence-electron chi connectivity index (χ4n) is 4.50. The normalized spacial score (nSPS) is 15.4. The highest BCUT2D eigenvalue weighted by molar-refractivity contribution is 7.89. The van der Waals surface area contributed by atoms with Crippen molar-refractivity contribution in [3.8, 4) is 17.2 Å². The smallest absolute Gasteiger partial charge is 0.419 e. The number of halogens is 3. The molecule has 1 aliphatic heterocycles. The van der Waals surface area contributed by atoms with Gasteiger partial charge in [0.25, 0.3) is 0 Å². The summed E-state index contributed by atoms with van der Waals surface area (Å²) in [5.41, 5.74) is -2.39. The van der Waals surface area contributed by atoms with Crippen molar-refractivity contribution in [2.24, 2.45) is 0 Å². The lowest BCUT2D eigenvalue weighted by atomic mass is 9.96. The summed E-state index contributed by atoms with van der Waals surface area (Å²) in [5.74, 6) is -1.31. The zero-order valence-corrected chi connectivity index (χ0v) is 22.2. The highest BCUT2D eigenvalue weighted by atomic mass is 32.2. The summed E-state index contributed by atoms with van der Waals surface area (Å²) in [5, 5.41) is 18.8. The van der Waals surface area contributed by atoms with Gasteiger partial charge in [-0.3, -0.25) is 0 Å². The van der Waals surface area contributed by atoms with Crippen molar-refractivity contribution in [3.63, 3.8) is 0 Å².